The van der Waals surface area contributed by atoms with Crippen molar-refractivity contribution in [2.45, 2.75) is 50.5 Å². The third kappa shape index (κ3) is 4.47. The molecule has 1 saturated carbocycles. The van der Waals surface area contributed by atoms with E-state index >= 15 is 0 Å². The number of rotatable bonds is 6. The maximum absolute atomic E-state index is 12.8. The number of hydrogen-bond acceptors (Lipinski definition) is 5. The molecule has 0 radical (unpaired) electrons. The summed E-state index contributed by atoms with van der Waals surface area (Å²) in [5.74, 6) is -2.22. The lowest BCUT2D eigenvalue weighted by Gasteiger charge is -2.30. The molecule has 1 aromatic rings. The molecular formula is C19H22FN3O5. The van der Waals surface area contributed by atoms with Crippen LogP contribution in [-0.2, 0) is 25.5 Å². The molecular weight excluding hydrogens is 369 g/mol. The molecule has 0 atom stereocenters. The lowest BCUT2D eigenvalue weighted by atomic mass is 9.82. The first-order valence-corrected chi connectivity index (χ1v) is 9.26. The molecule has 150 valence electrons. The Morgan fingerprint density at radius 3 is 2.50 bits per heavy atom. The summed E-state index contributed by atoms with van der Waals surface area (Å²) >= 11 is 0. The number of esters is 1. The number of hydrazine groups is 1. The molecule has 1 aliphatic heterocycles. The van der Waals surface area contributed by atoms with Crippen LogP contribution < -0.4 is 10.7 Å². The van der Waals surface area contributed by atoms with Gasteiger partial charge < -0.3 is 10.1 Å². The summed E-state index contributed by atoms with van der Waals surface area (Å²) < 4.78 is 17.7. The zero-order valence-corrected chi connectivity index (χ0v) is 15.3. The maximum Gasteiger partial charge on any atom is 0.344 e. The van der Waals surface area contributed by atoms with Crippen LogP contribution >= 0.6 is 0 Å². The lowest BCUT2D eigenvalue weighted by Crippen LogP contribution is -2.51. The summed E-state index contributed by atoms with van der Waals surface area (Å²) in [6, 6.07) is 5.04. The van der Waals surface area contributed by atoms with E-state index in [4.69, 9.17) is 4.74 Å². The van der Waals surface area contributed by atoms with Crippen LogP contribution in [0.25, 0.3) is 0 Å². The Kier molecular flexibility index (Phi) is 5.91. The van der Waals surface area contributed by atoms with Crippen LogP contribution in [0.3, 0.4) is 0 Å². The number of imide groups is 1. The fourth-order valence-corrected chi connectivity index (χ4v) is 3.49. The van der Waals surface area contributed by atoms with Gasteiger partial charge in [0.2, 0.25) is 0 Å². The molecule has 1 aromatic carbocycles. The number of carbonyl (C=O) groups excluding carboxylic acids is 4. The quantitative estimate of drug-likeness (QED) is 0.566. The molecule has 2 aliphatic rings. The van der Waals surface area contributed by atoms with E-state index in [1.165, 1.54) is 12.1 Å². The van der Waals surface area contributed by atoms with Gasteiger partial charge in [-0.05, 0) is 37.0 Å². The van der Waals surface area contributed by atoms with Gasteiger partial charge in [0.15, 0.2) is 6.61 Å². The van der Waals surface area contributed by atoms with Crippen molar-refractivity contribution in [3.63, 3.8) is 0 Å². The second kappa shape index (κ2) is 8.37. The molecule has 3 rings (SSSR count). The maximum atomic E-state index is 12.8. The van der Waals surface area contributed by atoms with Crippen LogP contribution in [0.1, 0.15) is 44.1 Å². The van der Waals surface area contributed by atoms with E-state index in [0.29, 0.717) is 24.3 Å². The number of halogens is 1. The van der Waals surface area contributed by atoms with Crippen LogP contribution in [0, 0.1) is 5.82 Å². The zero-order valence-electron chi connectivity index (χ0n) is 15.3. The normalized spacial score (nSPS) is 18.1. The first-order valence-electron chi connectivity index (χ1n) is 9.26. The van der Waals surface area contributed by atoms with Crippen LogP contribution in [0.2, 0.25) is 0 Å². The number of urea groups is 1. The molecule has 0 bridgehead atoms. The number of ether oxygens (including phenoxy) is 1. The van der Waals surface area contributed by atoms with Crippen molar-refractivity contribution in [3.8, 4) is 0 Å². The Morgan fingerprint density at radius 2 is 1.82 bits per heavy atom. The molecule has 1 aliphatic carbocycles. The van der Waals surface area contributed by atoms with Crippen LogP contribution in [0.15, 0.2) is 24.3 Å². The van der Waals surface area contributed by atoms with Gasteiger partial charge in [-0.2, -0.15) is 5.01 Å². The highest BCUT2D eigenvalue weighted by Crippen LogP contribution is 2.32. The van der Waals surface area contributed by atoms with Crippen LogP contribution in [0.4, 0.5) is 9.18 Å². The summed E-state index contributed by atoms with van der Waals surface area (Å²) in [5.41, 5.74) is 2.03. The largest absolute Gasteiger partial charge is 0.455 e. The van der Waals surface area contributed by atoms with E-state index in [2.05, 4.69) is 10.7 Å². The number of aryl methyl sites for hydroxylation is 1. The Labute approximate surface area is 161 Å². The Bertz CT molecular complexity index is 774. The van der Waals surface area contributed by atoms with E-state index in [1.807, 2.05) is 0 Å². The fraction of sp³-hybridized carbons (Fsp3) is 0.474. The predicted molar refractivity (Wildman–Crippen MR) is 95.0 cm³/mol. The highest BCUT2D eigenvalue weighted by molar-refractivity contribution is 6.08. The minimum Gasteiger partial charge on any atom is -0.455 e. The molecule has 0 unspecified atom stereocenters. The number of nitrogens with one attached hydrogen (secondary N) is 2. The van der Waals surface area contributed by atoms with Crippen LogP contribution in [-0.4, -0.2) is 41.0 Å². The molecule has 2 fully saturated rings. The van der Waals surface area contributed by atoms with Crippen molar-refractivity contribution in [2.24, 2.45) is 0 Å². The van der Waals surface area contributed by atoms with Gasteiger partial charge in [-0.25, -0.2) is 9.18 Å². The van der Waals surface area contributed by atoms with E-state index in [-0.39, 0.29) is 12.2 Å². The monoisotopic (exact) mass is 391 g/mol. The second-order valence-electron chi connectivity index (χ2n) is 7.04. The molecule has 0 aromatic heterocycles. The Hall–Kier alpha value is -2.97. The Balaban J connectivity index is 1.43. The van der Waals surface area contributed by atoms with Gasteiger partial charge in [0.25, 0.3) is 11.8 Å². The van der Waals surface area contributed by atoms with E-state index in [1.54, 1.807) is 12.1 Å². The first kappa shape index (κ1) is 19.8. The van der Waals surface area contributed by atoms with Gasteiger partial charge in [0, 0.05) is 6.42 Å². The fourth-order valence-electron chi connectivity index (χ4n) is 3.49. The SMILES string of the molecule is O=C(COC(=O)CCc1ccc(F)cc1)NN1C(=O)NC2(CCCCC2)C1=O. The number of benzene rings is 1. The molecule has 8 nitrogen and oxygen atoms in total. The minimum absolute atomic E-state index is 0.0190. The van der Waals surface area contributed by atoms with Crippen molar-refractivity contribution in [1.82, 2.24) is 15.8 Å². The summed E-state index contributed by atoms with van der Waals surface area (Å²) in [6.45, 7) is -0.605. The molecule has 4 amide bonds. The number of carbonyl (C=O) groups is 4. The molecule has 1 saturated heterocycles. The minimum atomic E-state index is -0.936. The standard InChI is InChI=1S/C19H22FN3O5/c20-14-7-4-13(5-8-14)6-9-16(25)28-12-15(24)22-23-17(26)19(21-18(23)27)10-2-1-3-11-19/h4-5,7-8H,1-3,6,9-12H2,(H,21,27)(H,22,24). The van der Waals surface area contributed by atoms with Crippen molar-refractivity contribution < 1.29 is 28.3 Å². The summed E-state index contributed by atoms with van der Waals surface area (Å²) in [7, 11) is 0. The zero-order chi connectivity index (χ0) is 20.1. The van der Waals surface area contributed by atoms with Gasteiger partial charge >= 0.3 is 12.0 Å². The molecule has 28 heavy (non-hydrogen) atoms. The topological polar surface area (TPSA) is 105 Å². The number of nitrogens with zero attached hydrogens (tertiary/aromatic N) is 1. The highest BCUT2D eigenvalue weighted by Gasteiger charge is 2.52. The third-order valence-electron chi connectivity index (χ3n) is 5.00. The molecule has 1 spiro atoms. The van der Waals surface area contributed by atoms with Crippen molar-refractivity contribution >= 4 is 23.8 Å². The van der Waals surface area contributed by atoms with Gasteiger partial charge in [-0.3, -0.25) is 19.8 Å². The predicted octanol–water partition coefficient (Wildman–Crippen LogP) is 1.59. The van der Waals surface area contributed by atoms with Gasteiger partial charge in [0.05, 0.1) is 0 Å². The van der Waals surface area contributed by atoms with E-state index < -0.39 is 36.0 Å². The summed E-state index contributed by atoms with van der Waals surface area (Å²) in [4.78, 5) is 48.3. The lowest BCUT2D eigenvalue weighted by molar-refractivity contribution is -0.150. The molecule has 2 N–H and O–H groups in total. The Morgan fingerprint density at radius 1 is 1.14 bits per heavy atom. The molecule has 9 heteroatoms. The van der Waals surface area contributed by atoms with E-state index in [9.17, 15) is 23.6 Å². The average molecular weight is 391 g/mol. The third-order valence-corrected chi connectivity index (χ3v) is 5.00. The number of hydrogen-bond donors (Lipinski definition) is 2. The second-order valence-corrected chi connectivity index (χ2v) is 7.04. The van der Waals surface area contributed by atoms with Gasteiger partial charge in [-0.1, -0.05) is 31.4 Å². The summed E-state index contributed by atoms with van der Waals surface area (Å²) in [5, 5.41) is 3.34. The van der Waals surface area contributed by atoms with Crippen molar-refractivity contribution in [2.75, 3.05) is 6.61 Å². The summed E-state index contributed by atoms with van der Waals surface area (Å²) in [6.07, 6.45) is 4.12. The van der Waals surface area contributed by atoms with Gasteiger partial charge in [0.1, 0.15) is 11.4 Å². The highest BCUT2D eigenvalue weighted by atomic mass is 19.1. The molecule has 1 heterocycles. The first-order chi connectivity index (χ1) is 13.4. The van der Waals surface area contributed by atoms with Gasteiger partial charge in [-0.15, -0.1) is 0 Å². The smallest absolute Gasteiger partial charge is 0.344 e. The number of amides is 4. The van der Waals surface area contributed by atoms with Crippen LogP contribution in [0.5, 0.6) is 0 Å². The van der Waals surface area contributed by atoms with Crippen molar-refractivity contribution in [3.05, 3.63) is 35.6 Å². The van der Waals surface area contributed by atoms with E-state index in [0.717, 1.165) is 24.8 Å². The van der Waals surface area contributed by atoms with Crippen molar-refractivity contribution in [1.29, 1.82) is 0 Å². The average Bonchev–Trinajstić information content (AvgIpc) is 2.90.